The lowest BCUT2D eigenvalue weighted by molar-refractivity contribution is -0.117. The van der Waals surface area contributed by atoms with Crippen LogP contribution in [0, 0.1) is 0 Å². The van der Waals surface area contributed by atoms with Crippen LogP contribution in [0.3, 0.4) is 0 Å². The number of fused-ring (bicyclic) bond motifs is 1. The number of rotatable bonds is 5. The number of thioether (sulfide) groups is 1. The number of benzene rings is 1. The Bertz CT molecular complexity index is 557. The quantitative estimate of drug-likeness (QED) is 0.898. The van der Waals surface area contributed by atoms with Gasteiger partial charge < -0.3 is 5.32 Å². The van der Waals surface area contributed by atoms with Crippen molar-refractivity contribution >= 4 is 23.4 Å². The van der Waals surface area contributed by atoms with Gasteiger partial charge in [-0.05, 0) is 49.4 Å². The van der Waals surface area contributed by atoms with Crippen LogP contribution in [0.15, 0.2) is 18.2 Å². The standard InChI is InChI=1S/C18H27N3OS/c1-3-21-9-7-16-14(11-21)5-4-6-17(16)19-18(22)12-20(2)15-8-10-23-13-15/h4-6,15H,3,7-13H2,1-2H3,(H,19,22)/t15-/m0/s1. The normalized spacial score (nSPS) is 21.4. The van der Waals surface area contributed by atoms with Crippen molar-refractivity contribution in [2.75, 3.05) is 43.5 Å². The smallest absolute Gasteiger partial charge is 0.238 e. The Labute approximate surface area is 143 Å². The maximum absolute atomic E-state index is 12.4. The summed E-state index contributed by atoms with van der Waals surface area (Å²) < 4.78 is 0. The molecule has 1 atom stereocenters. The van der Waals surface area contributed by atoms with Crippen LogP contribution in [-0.4, -0.2) is 59.9 Å². The number of carbonyl (C=O) groups excluding carboxylic acids is 1. The largest absolute Gasteiger partial charge is 0.325 e. The minimum absolute atomic E-state index is 0.107. The third-order valence-corrected chi connectivity index (χ3v) is 6.13. The summed E-state index contributed by atoms with van der Waals surface area (Å²) in [6.07, 6.45) is 2.22. The fraction of sp³-hybridized carbons (Fsp3) is 0.611. The molecule has 0 unspecified atom stereocenters. The van der Waals surface area contributed by atoms with Crippen LogP contribution in [0.1, 0.15) is 24.5 Å². The Morgan fingerprint density at radius 1 is 1.48 bits per heavy atom. The molecule has 5 heteroatoms. The Balaban J connectivity index is 1.62. The maximum atomic E-state index is 12.4. The van der Waals surface area contributed by atoms with Gasteiger partial charge in [-0.25, -0.2) is 0 Å². The first-order valence-electron chi connectivity index (χ1n) is 8.58. The van der Waals surface area contributed by atoms with Crippen LogP contribution in [0.4, 0.5) is 5.69 Å². The van der Waals surface area contributed by atoms with Gasteiger partial charge >= 0.3 is 0 Å². The minimum atomic E-state index is 0.107. The molecule has 1 aromatic rings. The van der Waals surface area contributed by atoms with Gasteiger partial charge in [0, 0.05) is 30.6 Å². The molecule has 2 aliphatic rings. The summed E-state index contributed by atoms with van der Waals surface area (Å²) in [5.74, 6) is 2.48. The first-order chi connectivity index (χ1) is 11.2. The topological polar surface area (TPSA) is 35.6 Å². The second-order valence-electron chi connectivity index (χ2n) is 6.54. The second-order valence-corrected chi connectivity index (χ2v) is 7.69. The highest BCUT2D eigenvalue weighted by Gasteiger charge is 2.23. The van der Waals surface area contributed by atoms with Gasteiger partial charge in [-0.15, -0.1) is 0 Å². The Hall–Kier alpha value is -1.04. The number of hydrogen-bond donors (Lipinski definition) is 1. The van der Waals surface area contributed by atoms with Crippen molar-refractivity contribution in [2.45, 2.75) is 32.4 Å². The zero-order chi connectivity index (χ0) is 16.2. The number of carbonyl (C=O) groups is 1. The number of anilines is 1. The molecule has 3 rings (SSSR count). The van der Waals surface area contributed by atoms with Crippen LogP contribution in [0.2, 0.25) is 0 Å². The van der Waals surface area contributed by atoms with Crippen molar-refractivity contribution in [2.24, 2.45) is 0 Å². The van der Waals surface area contributed by atoms with Gasteiger partial charge in [-0.2, -0.15) is 11.8 Å². The Morgan fingerprint density at radius 3 is 3.09 bits per heavy atom. The summed E-state index contributed by atoms with van der Waals surface area (Å²) in [5.41, 5.74) is 3.69. The van der Waals surface area contributed by atoms with E-state index in [0.29, 0.717) is 12.6 Å². The van der Waals surface area contributed by atoms with Gasteiger partial charge in [0.05, 0.1) is 6.54 Å². The van der Waals surface area contributed by atoms with Crippen molar-refractivity contribution in [1.29, 1.82) is 0 Å². The summed E-state index contributed by atoms with van der Waals surface area (Å²) in [7, 11) is 2.07. The van der Waals surface area contributed by atoms with E-state index in [-0.39, 0.29) is 5.91 Å². The molecular weight excluding hydrogens is 306 g/mol. The van der Waals surface area contributed by atoms with Gasteiger partial charge in [0.2, 0.25) is 5.91 Å². The van der Waals surface area contributed by atoms with E-state index < -0.39 is 0 Å². The van der Waals surface area contributed by atoms with Crippen molar-refractivity contribution in [3.8, 4) is 0 Å². The second kappa shape index (κ2) is 7.69. The highest BCUT2D eigenvalue weighted by atomic mass is 32.2. The number of hydrogen-bond acceptors (Lipinski definition) is 4. The summed E-state index contributed by atoms with van der Waals surface area (Å²) in [5, 5.41) is 3.15. The molecule has 0 spiro atoms. The van der Waals surface area contributed by atoms with E-state index in [2.05, 4.69) is 41.2 Å². The van der Waals surface area contributed by atoms with Crippen molar-refractivity contribution in [3.63, 3.8) is 0 Å². The van der Waals surface area contributed by atoms with Crippen molar-refractivity contribution in [3.05, 3.63) is 29.3 Å². The maximum Gasteiger partial charge on any atom is 0.238 e. The summed E-state index contributed by atoms with van der Waals surface area (Å²) >= 11 is 1.98. The highest BCUT2D eigenvalue weighted by molar-refractivity contribution is 7.99. The van der Waals surface area contributed by atoms with Crippen LogP contribution >= 0.6 is 11.8 Å². The molecule has 126 valence electrons. The van der Waals surface area contributed by atoms with Crippen LogP contribution in [0.25, 0.3) is 0 Å². The SMILES string of the molecule is CCN1CCc2c(cccc2NC(=O)CN(C)[C@H]2CCSC2)C1. The van der Waals surface area contributed by atoms with Gasteiger partial charge in [0.15, 0.2) is 0 Å². The fourth-order valence-corrected chi connectivity index (χ4v) is 4.77. The number of nitrogens with one attached hydrogen (secondary N) is 1. The van der Waals surface area contributed by atoms with Crippen LogP contribution in [0.5, 0.6) is 0 Å². The van der Waals surface area contributed by atoms with Crippen molar-refractivity contribution < 1.29 is 4.79 Å². The minimum Gasteiger partial charge on any atom is -0.325 e. The molecule has 1 saturated heterocycles. The predicted octanol–water partition coefficient (Wildman–Crippen LogP) is 2.44. The molecule has 0 radical (unpaired) electrons. The van der Waals surface area contributed by atoms with E-state index in [0.717, 1.165) is 37.5 Å². The average molecular weight is 334 g/mol. The lowest BCUT2D eigenvalue weighted by Crippen LogP contribution is -2.38. The molecule has 1 N–H and O–H groups in total. The lowest BCUT2D eigenvalue weighted by Gasteiger charge is -2.29. The first-order valence-corrected chi connectivity index (χ1v) is 9.73. The molecule has 0 aromatic heterocycles. The third kappa shape index (κ3) is 4.08. The number of amides is 1. The molecule has 1 fully saturated rings. The summed E-state index contributed by atoms with van der Waals surface area (Å²) in [6, 6.07) is 6.84. The Morgan fingerprint density at radius 2 is 2.35 bits per heavy atom. The predicted molar refractivity (Wildman–Crippen MR) is 98.1 cm³/mol. The molecule has 4 nitrogen and oxygen atoms in total. The molecule has 0 aliphatic carbocycles. The summed E-state index contributed by atoms with van der Waals surface area (Å²) in [4.78, 5) is 17.1. The fourth-order valence-electron chi connectivity index (χ4n) is 3.47. The summed E-state index contributed by atoms with van der Waals surface area (Å²) in [6.45, 7) is 5.84. The van der Waals surface area contributed by atoms with E-state index in [4.69, 9.17) is 0 Å². The van der Waals surface area contributed by atoms with Crippen LogP contribution in [-0.2, 0) is 17.8 Å². The van der Waals surface area contributed by atoms with E-state index in [9.17, 15) is 4.79 Å². The van der Waals surface area contributed by atoms with Gasteiger partial charge in [0.25, 0.3) is 0 Å². The highest BCUT2D eigenvalue weighted by Crippen LogP contribution is 2.26. The first kappa shape index (κ1) is 16.8. The third-order valence-electron chi connectivity index (χ3n) is 4.99. The molecule has 0 saturated carbocycles. The van der Waals surface area contributed by atoms with Gasteiger partial charge in [-0.1, -0.05) is 19.1 Å². The zero-order valence-corrected chi connectivity index (χ0v) is 15.0. The van der Waals surface area contributed by atoms with E-state index >= 15 is 0 Å². The molecule has 2 aliphatic heterocycles. The van der Waals surface area contributed by atoms with Gasteiger partial charge in [-0.3, -0.25) is 14.6 Å². The zero-order valence-electron chi connectivity index (χ0n) is 14.2. The van der Waals surface area contributed by atoms with E-state index in [1.54, 1.807) is 0 Å². The average Bonchev–Trinajstić information content (AvgIpc) is 3.09. The Kier molecular flexibility index (Phi) is 5.62. The van der Waals surface area contributed by atoms with Crippen molar-refractivity contribution in [1.82, 2.24) is 9.80 Å². The molecule has 23 heavy (non-hydrogen) atoms. The molecule has 1 aromatic carbocycles. The number of nitrogens with zero attached hydrogens (tertiary/aromatic N) is 2. The molecule has 1 amide bonds. The van der Waals surface area contributed by atoms with E-state index in [1.165, 1.54) is 23.3 Å². The number of likely N-dealkylation sites (N-methyl/N-ethyl adjacent to an activating group) is 2. The molecule has 0 bridgehead atoms. The lowest BCUT2D eigenvalue weighted by atomic mass is 9.97. The van der Waals surface area contributed by atoms with Gasteiger partial charge in [0.1, 0.15) is 0 Å². The monoisotopic (exact) mass is 333 g/mol. The molecule has 2 heterocycles. The van der Waals surface area contributed by atoms with E-state index in [1.807, 2.05) is 17.8 Å². The molecular formula is C18H27N3OS. The van der Waals surface area contributed by atoms with Crippen LogP contribution < -0.4 is 5.32 Å².